The van der Waals surface area contributed by atoms with Crippen LogP contribution in [0.3, 0.4) is 0 Å². The fraction of sp³-hybridized carbons (Fsp3) is 0.619. The summed E-state index contributed by atoms with van der Waals surface area (Å²) in [5.74, 6) is -0.585. The van der Waals surface area contributed by atoms with E-state index in [1.807, 2.05) is 17.0 Å². The summed E-state index contributed by atoms with van der Waals surface area (Å²) in [7, 11) is 0. The Hall–Kier alpha value is -1.59. The van der Waals surface area contributed by atoms with E-state index in [4.69, 9.17) is 11.6 Å². The molecule has 0 spiro atoms. The molecule has 1 atom stereocenters. The highest BCUT2D eigenvalue weighted by molar-refractivity contribution is 6.30. The largest absolute Gasteiger partial charge is 0.339 e. The van der Waals surface area contributed by atoms with E-state index < -0.39 is 5.92 Å². The van der Waals surface area contributed by atoms with E-state index in [2.05, 4.69) is 4.90 Å². The maximum absolute atomic E-state index is 13.0. The quantitative estimate of drug-likeness (QED) is 0.746. The van der Waals surface area contributed by atoms with Crippen LogP contribution in [0.15, 0.2) is 24.3 Å². The van der Waals surface area contributed by atoms with Crippen LogP contribution in [-0.2, 0) is 9.59 Å². The topological polar surface area (TPSA) is 43.9 Å². The van der Waals surface area contributed by atoms with E-state index in [1.54, 1.807) is 17.0 Å². The molecule has 2 heterocycles. The second kappa shape index (κ2) is 8.19. The molecule has 2 aliphatic heterocycles. The van der Waals surface area contributed by atoms with Crippen LogP contribution in [0.2, 0.25) is 5.02 Å². The average molecular weight is 390 g/mol. The van der Waals surface area contributed by atoms with Crippen molar-refractivity contribution in [1.29, 1.82) is 0 Å². The summed E-state index contributed by atoms with van der Waals surface area (Å²) in [6, 6.07) is 7.95. The van der Waals surface area contributed by atoms with Crippen LogP contribution in [-0.4, -0.2) is 60.4 Å². The van der Waals surface area contributed by atoms with Crippen LogP contribution in [0.25, 0.3) is 0 Å². The van der Waals surface area contributed by atoms with E-state index in [1.165, 1.54) is 32.1 Å². The minimum absolute atomic E-state index is 0.0137. The van der Waals surface area contributed by atoms with Gasteiger partial charge in [0, 0.05) is 49.5 Å². The zero-order chi connectivity index (χ0) is 18.8. The molecule has 3 fully saturated rings. The van der Waals surface area contributed by atoms with Crippen LogP contribution in [0, 0.1) is 5.92 Å². The maximum Gasteiger partial charge on any atom is 0.239 e. The molecule has 146 valence electrons. The zero-order valence-corrected chi connectivity index (χ0v) is 16.5. The molecule has 1 aliphatic carbocycles. The lowest BCUT2D eigenvalue weighted by Gasteiger charge is -2.41. The molecule has 0 radical (unpaired) electrons. The Morgan fingerprint density at radius 1 is 0.889 bits per heavy atom. The van der Waals surface area contributed by atoms with Crippen molar-refractivity contribution in [2.75, 3.05) is 37.6 Å². The normalized spacial score (nSPS) is 25.2. The maximum atomic E-state index is 13.0. The molecule has 1 aromatic rings. The van der Waals surface area contributed by atoms with E-state index in [9.17, 15) is 9.59 Å². The van der Waals surface area contributed by atoms with Gasteiger partial charge in [0.25, 0.3) is 0 Å². The highest BCUT2D eigenvalue weighted by Crippen LogP contribution is 2.28. The number of benzene rings is 1. The van der Waals surface area contributed by atoms with E-state index in [-0.39, 0.29) is 11.8 Å². The number of nitrogens with zero attached hydrogens (tertiary/aromatic N) is 3. The minimum atomic E-state index is -0.526. The van der Waals surface area contributed by atoms with Crippen molar-refractivity contribution < 1.29 is 9.59 Å². The minimum Gasteiger partial charge on any atom is -0.339 e. The van der Waals surface area contributed by atoms with Crippen LogP contribution >= 0.6 is 11.6 Å². The molecule has 1 unspecified atom stereocenters. The fourth-order valence-corrected chi connectivity index (χ4v) is 4.89. The summed E-state index contributed by atoms with van der Waals surface area (Å²) in [6.45, 7) is 3.98. The molecule has 3 aliphatic rings. The van der Waals surface area contributed by atoms with Gasteiger partial charge in [-0.05, 0) is 43.5 Å². The van der Waals surface area contributed by atoms with Crippen LogP contribution in [0.1, 0.15) is 38.5 Å². The van der Waals surface area contributed by atoms with Crippen LogP contribution < -0.4 is 4.90 Å². The number of carbonyl (C=O) groups excluding carboxylic acids is 2. The Morgan fingerprint density at radius 2 is 1.56 bits per heavy atom. The first kappa shape index (κ1) is 18.8. The van der Waals surface area contributed by atoms with Gasteiger partial charge in [0.1, 0.15) is 5.92 Å². The monoisotopic (exact) mass is 389 g/mol. The van der Waals surface area contributed by atoms with Gasteiger partial charge in [-0.2, -0.15) is 0 Å². The molecule has 27 heavy (non-hydrogen) atoms. The van der Waals surface area contributed by atoms with Crippen molar-refractivity contribution in [3.8, 4) is 0 Å². The van der Waals surface area contributed by atoms with Crippen LogP contribution in [0.5, 0.6) is 0 Å². The number of anilines is 1. The number of halogens is 1. The van der Waals surface area contributed by atoms with Crippen molar-refractivity contribution in [3.05, 3.63) is 29.3 Å². The summed E-state index contributed by atoms with van der Waals surface area (Å²) < 4.78 is 0. The number of hydrogen-bond acceptors (Lipinski definition) is 3. The molecule has 0 N–H and O–H groups in total. The van der Waals surface area contributed by atoms with Crippen molar-refractivity contribution in [2.45, 2.75) is 44.6 Å². The molecular formula is C21H28ClN3O2. The molecule has 1 saturated carbocycles. The SMILES string of the molecule is O=C(C1CCN(c2ccc(Cl)cc2)C1=O)N1CCN(C2CCCCC2)CC1. The number of hydrogen-bond donors (Lipinski definition) is 0. The molecule has 6 heteroatoms. The predicted octanol–water partition coefficient (Wildman–Crippen LogP) is 3.17. The first-order valence-electron chi connectivity index (χ1n) is 10.2. The summed E-state index contributed by atoms with van der Waals surface area (Å²) in [4.78, 5) is 32.0. The molecule has 4 rings (SSSR count). The van der Waals surface area contributed by atoms with Gasteiger partial charge in [-0.15, -0.1) is 0 Å². The summed E-state index contributed by atoms with van der Waals surface area (Å²) in [5.41, 5.74) is 0.821. The first-order valence-corrected chi connectivity index (χ1v) is 10.6. The molecule has 1 aromatic carbocycles. The fourth-order valence-electron chi connectivity index (χ4n) is 4.76. The van der Waals surface area contributed by atoms with E-state index >= 15 is 0 Å². The third-order valence-corrected chi connectivity index (χ3v) is 6.61. The van der Waals surface area contributed by atoms with Gasteiger partial charge in [-0.1, -0.05) is 30.9 Å². The molecule has 0 bridgehead atoms. The van der Waals surface area contributed by atoms with Crippen molar-refractivity contribution >= 4 is 29.1 Å². The van der Waals surface area contributed by atoms with E-state index in [0.29, 0.717) is 24.0 Å². The highest BCUT2D eigenvalue weighted by atomic mass is 35.5. The van der Waals surface area contributed by atoms with Crippen molar-refractivity contribution in [3.63, 3.8) is 0 Å². The average Bonchev–Trinajstić information content (AvgIpc) is 3.10. The smallest absolute Gasteiger partial charge is 0.239 e. The second-order valence-corrected chi connectivity index (χ2v) is 8.40. The number of rotatable bonds is 3. The molecule has 2 saturated heterocycles. The highest BCUT2D eigenvalue weighted by Gasteiger charge is 2.40. The number of piperazine rings is 1. The Kier molecular flexibility index (Phi) is 5.69. The third-order valence-electron chi connectivity index (χ3n) is 6.36. The van der Waals surface area contributed by atoms with Crippen molar-refractivity contribution in [2.24, 2.45) is 5.92 Å². The third kappa shape index (κ3) is 3.99. The van der Waals surface area contributed by atoms with Crippen molar-refractivity contribution in [1.82, 2.24) is 9.80 Å². The lowest BCUT2D eigenvalue weighted by molar-refractivity contribution is -0.141. The predicted molar refractivity (Wildman–Crippen MR) is 107 cm³/mol. The van der Waals surface area contributed by atoms with Gasteiger partial charge >= 0.3 is 0 Å². The van der Waals surface area contributed by atoms with Gasteiger partial charge < -0.3 is 9.80 Å². The molecule has 5 nitrogen and oxygen atoms in total. The van der Waals surface area contributed by atoms with Gasteiger partial charge in [0.2, 0.25) is 11.8 Å². The number of amides is 2. The summed E-state index contributed by atoms with van der Waals surface area (Å²) >= 11 is 5.94. The second-order valence-electron chi connectivity index (χ2n) is 7.96. The molecule has 2 amide bonds. The van der Waals surface area contributed by atoms with Gasteiger partial charge in [0.15, 0.2) is 0 Å². The first-order chi connectivity index (χ1) is 13.1. The lowest BCUT2D eigenvalue weighted by Crippen LogP contribution is -2.54. The Bertz CT molecular complexity index is 679. The van der Waals surface area contributed by atoms with Crippen LogP contribution in [0.4, 0.5) is 5.69 Å². The Morgan fingerprint density at radius 3 is 2.22 bits per heavy atom. The number of carbonyl (C=O) groups is 2. The van der Waals surface area contributed by atoms with Gasteiger partial charge in [-0.3, -0.25) is 14.5 Å². The standard InChI is InChI=1S/C21H28ClN3O2/c22-16-6-8-18(9-7-16)25-11-10-19(21(25)27)20(26)24-14-12-23(13-15-24)17-4-2-1-3-5-17/h6-9,17,19H,1-5,10-15H2. The van der Waals surface area contributed by atoms with E-state index in [0.717, 1.165) is 31.9 Å². The molecular weight excluding hydrogens is 362 g/mol. The summed E-state index contributed by atoms with van der Waals surface area (Å²) in [6.07, 6.45) is 7.23. The Labute approximate surface area is 166 Å². The molecule has 0 aromatic heterocycles. The summed E-state index contributed by atoms with van der Waals surface area (Å²) in [5, 5.41) is 0.647. The zero-order valence-electron chi connectivity index (χ0n) is 15.8. The van der Waals surface area contributed by atoms with Gasteiger partial charge in [-0.25, -0.2) is 0 Å². The van der Waals surface area contributed by atoms with Gasteiger partial charge in [0.05, 0.1) is 0 Å². The Balaban J connectivity index is 1.33. The lowest BCUT2D eigenvalue weighted by atomic mass is 9.93.